The van der Waals surface area contributed by atoms with Crippen molar-refractivity contribution >= 4 is 5.97 Å². The minimum atomic E-state index is -0.717. The van der Waals surface area contributed by atoms with Crippen LogP contribution in [-0.4, -0.2) is 11.1 Å². The van der Waals surface area contributed by atoms with Gasteiger partial charge in [0.1, 0.15) is 0 Å². The van der Waals surface area contributed by atoms with Gasteiger partial charge in [-0.1, -0.05) is 36.8 Å². The number of carboxylic acid groups (broad SMARTS) is 1. The third-order valence-corrected chi connectivity index (χ3v) is 2.19. The fraction of sp³-hybridized carbons (Fsp3) is 0.417. The molecule has 1 N–H and O–H groups in total. The van der Waals surface area contributed by atoms with Gasteiger partial charge in [-0.3, -0.25) is 4.79 Å². The molecule has 0 aliphatic heterocycles. The molecule has 0 heterocycles. The highest BCUT2D eigenvalue weighted by Crippen LogP contribution is 2.12. The van der Waals surface area contributed by atoms with Gasteiger partial charge in [-0.25, -0.2) is 0 Å². The molecule has 0 aliphatic carbocycles. The Morgan fingerprint density at radius 1 is 1.50 bits per heavy atom. The Bertz CT molecular complexity index is 318. The number of aliphatic carboxylic acids is 1. The first-order chi connectivity index (χ1) is 6.58. The molecule has 14 heavy (non-hydrogen) atoms. The molecular weight excluding hydrogens is 176 g/mol. The number of carboxylic acids is 1. The van der Waals surface area contributed by atoms with E-state index in [1.54, 1.807) is 0 Å². The largest absolute Gasteiger partial charge is 0.481 e. The SMILES string of the molecule is Cc1cccc(C[C@@H](C)CC(=O)O)c1. The average molecular weight is 192 g/mol. The quantitative estimate of drug-likeness (QED) is 0.796. The molecule has 0 aromatic heterocycles. The zero-order chi connectivity index (χ0) is 10.6. The van der Waals surface area contributed by atoms with Crippen LogP contribution in [0.15, 0.2) is 24.3 Å². The van der Waals surface area contributed by atoms with Gasteiger partial charge in [0.25, 0.3) is 0 Å². The molecule has 1 aromatic carbocycles. The average Bonchev–Trinajstić information content (AvgIpc) is 2.01. The van der Waals surface area contributed by atoms with Crippen LogP contribution in [0.25, 0.3) is 0 Å². The van der Waals surface area contributed by atoms with Crippen molar-refractivity contribution in [2.75, 3.05) is 0 Å². The summed E-state index contributed by atoms with van der Waals surface area (Å²) in [5.41, 5.74) is 2.45. The van der Waals surface area contributed by atoms with Gasteiger partial charge in [0.15, 0.2) is 0 Å². The third-order valence-electron chi connectivity index (χ3n) is 2.19. The molecule has 1 rings (SSSR count). The number of rotatable bonds is 4. The van der Waals surface area contributed by atoms with Crippen molar-refractivity contribution in [3.8, 4) is 0 Å². The Morgan fingerprint density at radius 2 is 2.21 bits per heavy atom. The summed E-state index contributed by atoms with van der Waals surface area (Å²) in [6, 6.07) is 8.22. The van der Waals surface area contributed by atoms with Gasteiger partial charge in [-0.05, 0) is 24.8 Å². The monoisotopic (exact) mass is 192 g/mol. The highest BCUT2D eigenvalue weighted by molar-refractivity contribution is 5.67. The maximum atomic E-state index is 10.5. The Balaban J connectivity index is 2.55. The van der Waals surface area contributed by atoms with Crippen LogP contribution >= 0.6 is 0 Å². The van der Waals surface area contributed by atoms with Gasteiger partial charge >= 0.3 is 5.97 Å². The van der Waals surface area contributed by atoms with Crippen molar-refractivity contribution in [3.05, 3.63) is 35.4 Å². The van der Waals surface area contributed by atoms with Gasteiger partial charge in [-0.2, -0.15) is 0 Å². The molecule has 0 amide bonds. The Hall–Kier alpha value is -1.31. The fourth-order valence-electron chi connectivity index (χ4n) is 1.61. The molecule has 0 radical (unpaired) electrons. The van der Waals surface area contributed by atoms with E-state index in [2.05, 4.69) is 6.07 Å². The van der Waals surface area contributed by atoms with E-state index >= 15 is 0 Å². The van der Waals surface area contributed by atoms with E-state index in [0.29, 0.717) is 0 Å². The van der Waals surface area contributed by atoms with Gasteiger partial charge in [0, 0.05) is 6.42 Å². The third kappa shape index (κ3) is 3.60. The molecule has 0 saturated heterocycles. The maximum Gasteiger partial charge on any atom is 0.303 e. The molecule has 0 aliphatic rings. The zero-order valence-corrected chi connectivity index (χ0v) is 8.66. The normalized spacial score (nSPS) is 12.4. The lowest BCUT2D eigenvalue weighted by Crippen LogP contribution is -2.06. The highest BCUT2D eigenvalue weighted by Gasteiger charge is 2.08. The lowest BCUT2D eigenvalue weighted by atomic mass is 9.97. The molecule has 0 spiro atoms. The first-order valence-electron chi connectivity index (χ1n) is 4.85. The van der Waals surface area contributed by atoms with E-state index in [4.69, 9.17) is 5.11 Å². The van der Waals surface area contributed by atoms with Crippen LogP contribution in [0.1, 0.15) is 24.5 Å². The molecule has 0 unspecified atom stereocenters. The predicted molar refractivity (Wildman–Crippen MR) is 56.3 cm³/mol. The van der Waals surface area contributed by atoms with Crippen LogP contribution in [-0.2, 0) is 11.2 Å². The summed E-state index contributed by atoms with van der Waals surface area (Å²) in [6.07, 6.45) is 1.09. The van der Waals surface area contributed by atoms with Crippen LogP contribution in [0.5, 0.6) is 0 Å². The fourth-order valence-corrected chi connectivity index (χ4v) is 1.61. The topological polar surface area (TPSA) is 37.3 Å². The van der Waals surface area contributed by atoms with Crippen LogP contribution in [0, 0.1) is 12.8 Å². The second kappa shape index (κ2) is 4.80. The molecule has 76 valence electrons. The lowest BCUT2D eigenvalue weighted by molar-refractivity contribution is -0.137. The summed E-state index contributed by atoms with van der Waals surface area (Å²) in [5.74, 6) is -0.514. The zero-order valence-electron chi connectivity index (χ0n) is 8.66. The van der Waals surface area contributed by atoms with Gasteiger partial charge in [-0.15, -0.1) is 0 Å². The molecule has 0 bridgehead atoms. The van der Waals surface area contributed by atoms with E-state index < -0.39 is 5.97 Å². The first-order valence-corrected chi connectivity index (χ1v) is 4.85. The summed E-state index contributed by atoms with van der Waals surface area (Å²) < 4.78 is 0. The minimum Gasteiger partial charge on any atom is -0.481 e. The summed E-state index contributed by atoms with van der Waals surface area (Å²) in [7, 11) is 0. The van der Waals surface area contributed by atoms with Crippen LogP contribution in [0.2, 0.25) is 0 Å². The standard InChI is InChI=1S/C12H16O2/c1-9-4-3-5-11(6-9)7-10(2)8-12(13)14/h3-6,10H,7-8H2,1-2H3,(H,13,14)/t10-/m1/s1. The molecular formula is C12H16O2. The van der Waals surface area contributed by atoms with E-state index in [0.717, 1.165) is 6.42 Å². The Kier molecular flexibility index (Phi) is 3.69. The van der Waals surface area contributed by atoms with E-state index in [9.17, 15) is 4.79 Å². The van der Waals surface area contributed by atoms with Crippen molar-refractivity contribution in [1.82, 2.24) is 0 Å². The van der Waals surface area contributed by atoms with E-state index in [1.165, 1.54) is 11.1 Å². The second-order valence-electron chi connectivity index (χ2n) is 3.90. The highest BCUT2D eigenvalue weighted by atomic mass is 16.4. The number of carbonyl (C=O) groups is 1. The van der Waals surface area contributed by atoms with E-state index in [-0.39, 0.29) is 12.3 Å². The van der Waals surface area contributed by atoms with Crippen molar-refractivity contribution < 1.29 is 9.90 Å². The van der Waals surface area contributed by atoms with Crippen molar-refractivity contribution in [2.24, 2.45) is 5.92 Å². The number of hydrogen-bond donors (Lipinski definition) is 1. The van der Waals surface area contributed by atoms with Gasteiger partial charge in [0.2, 0.25) is 0 Å². The minimum absolute atomic E-state index is 0.203. The molecule has 0 fully saturated rings. The van der Waals surface area contributed by atoms with Gasteiger partial charge < -0.3 is 5.11 Å². The van der Waals surface area contributed by atoms with Crippen LogP contribution < -0.4 is 0 Å². The first kappa shape index (κ1) is 10.8. The number of hydrogen-bond acceptors (Lipinski definition) is 1. The summed E-state index contributed by atoms with van der Waals surface area (Å²) in [6.45, 7) is 4.02. The Morgan fingerprint density at radius 3 is 2.79 bits per heavy atom. The van der Waals surface area contributed by atoms with Crippen molar-refractivity contribution in [2.45, 2.75) is 26.7 Å². The van der Waals surface area contributed by atoms with Crippen molar-refractivity contribution in [1.29, 1.82) is 0 Å². The molecule has 2 heteroatoms. The van der Waals surface area contributed by atoms with E-state index in [1.807, 2.05) is 32.0 Å². The smallest absolute Gasteiger partial charge is 0.303 e. The summed E-state index contributed by atoms with van der Waals surface area (Å²) in [5, 5.41) is 8.62. The molecule has 1 atom stereocenters. The summed E-state index contributed by atoms with van der Waals surface area (Å²) in [4.78, 5) is 10.5. The lowest BCUT2D eigenvalue weighted by Gasteiger charge is -2.08. The Labute approximate surface area is 84.6 Å². The molecule has 2 nitrogen and oxygen atoms in total. The predicted octanol–water partition coefficient (Wildman–Crippen LogP) is 2.65. The number of benzene rings is 1. The molecule has 1 aromatic rings. The summed E-state index contributed by atoms with van der Waals surface area (Å²) >= 11 is 0. The molecule has 0 saturated carbocycles. The van der Waals surface area contributed by atoms with Crippen LogP contribution in [0.4, 0.5) is 0 Å². The van der Waals surface area contributed by atoms with Crippen LogP contribution in [0.3, 0.4) is 0 Å². The number of aryl methyl sites for hydroxylation is 1. The maximum absolute atomic E-state index is 10.5. The van der Waals surface area contributed by atoms with Crippen molar-refractivity contribution in [3.63, 3.8) is 0 Å². The second-order valence-corrected chi connectivity index (χ2v) is 3.90. The van der Waals surface area contributed by atoms with Gasteiger partial charge in [0.05, 0.1) is 0 Å².